The normalized spacial score (nSPS) is 30.1. The fraction of sp³-hybridized carbons (Fsp3) is 0.625. The van der Waals surface area contributed by atoms with Crippen LogP contribution in [0.4, 0.5) is 10.1 Å². The molecule has 1 aromatic rings. The van der Waals surface area contributed by atoms with Gasteiger partial charge in [0.2, 0.25) is 0 Å². The van der Waals surface area contributed by atoms with Gasteiger partial charge in [0.15, 0.2) is 11.6 Å². The van der Waals surface area contributed by atoms with Crippen molar-refractivity contribution in [1.29, 1.82) is 0 Å². The van der Waals surface area contributed by atoms with Crippen LogP contribution in [-0.4, -0.2) is 19.2 Å². The van der Waals surface area contributed by atoms with Gasteiger partial charge in [-0.25, -0.2) is 4.39 Å². The standard InChI is InChI=1S/C16H25FN2O/c1-11-6-12(2)9-16(8-11,10-18)19-13-4-5-14(17)15(7-13)20-3/h4-5,7,11-12,19H,6,8-10,18H2,1-3H3. The molecule has 1 saturated carbocycles. The molecular formula is C16H25FN2O. The number of anilines is 1. The maximum Gasteiger partial charge on any atom is 0.165 e. The van der Waals surface area contributed by atoms with Crippen LogP contribution in [0.1, 0.15) is 33.1 Å². The summed E-state index contributed by atoms with van der Waals surface area (Å²) in [4.78, 5) is 0. The van der Waals surface area contributed by atoms with E-state index in [2.05, 4.69) is 19.2 Å². The molecule has 112 valence electrons. The molecule has 1 aliphatic rings. The first-order valence-corrected chi connectivity index (χ1v) is 7.30. The first-order valence-electron chi connectivity index (χ1n) is 7.30. The van der Waals surface area contributed by atoms with E-state index in [4.69, 9.17) is 10.5 Å². The van der Waals surface area contributed by atoms with E-state index in [-0.39, 0.29) is 17.1 Å². The quantitative estimate of drug-likeness (QED) is 0.888. The maximum absolute atomic E-state index is 13.5. The van der Waals surface area contributed by atoms with Gasteiger partial charge in [-0.2, -0.15) is 0 Å². The van der Waals surface area contributed by atoms with Crippen LogP contribution in [0.15, 0.2) is 18.2 Å². The molecule has 1 aliphatic carbocycles. The summed E-state index contributed by atoms with van der Waals surface area (Å²) in [6, 6.07) is 4.89. The first kappa shape index (κ1) is 15.1. The molecule has 0 radical (unpaired) electrons. The number of hydrogen-bond acceptors (Lipinski definition) is 3. The summed E-state index contributed by atoms with van der Waals surface area (Å²) < 4.78 is 18.5. The van der Waals surface area contributed by atoms with E-state index < -0.39 is 0 Å². The van der Waals surface area contributed by atoms with Gasteiger partial charge in [0.1, 0.15) is 0 Å². The molecule has 0 bridgehead atoms. The van der Waals surface area contributed by atoms with Crippen LogP contribution >= 0.6 is 0 Å². The van der Waals surface area contributed by atoms with Crippen molar-refractivity contribution in [3.05, 3.63) is 24.0 Å². The maximum atomic E-state index is 13.5. The molecule has 0 aliphatic heterocycles. The van der Waals surface area contributed by atoms with Crippen molar-refractivity contribution in [2.75, 3.05) is 19.0 Å². The minimum atomic E-state index is -0.342. The topological polar surface area (TPSA) is 47.3 Å². The summed E-state index contributed by atoms with van der Waals surface area (Å²) >= 11 is 0. The Hall–Kier alpha value is -1.29. The van der Waals surface area contributed by atoms with Gasteiger partial charge < -0.3 is 15.8 Å². The summed E-state index contributed by atoms with van der Waals surface area (Å²) in [5, 5.41) is 3.54. The van der Waals surface area contributed by atoms with E-state index in [0.29, 0.717) is 18.4 Å². The third-order valence-corrected chi connectivity index (χ3v) is 4.23. The highest BCUT2D eigenvalue weighted by Crippen LogP contribution is 2.38. The molecule has 0 heterocycles. The second-order valence-electron chi connectivity index (χ2n) is 6.31. The molecule has 4 heteroatoms. The average molecular weight is 280 g/mol. The highest BCUT2D eigenvalue weighted by atomic mass is 19.1. The Morgan fingerprint density at radius 3 is 2.55 bits per heavy atom. The average Bonchev–Trinajstić information content (AvgIpc) is 2.40. The number of nitrogens with one attached hydrogen (secondary N) is 1. The van der Waals surface area contributed by atoms with Crippen molar-refractivity contribution in [2.24, 2.45) is 17.6 Å². The second kappa shape index (κ2) is 6.00. The number of benzene rings is 1. The van der Waals surface area contributed by atoms with Gasteiger partial charge in [0, 0.05) is 18.3 Å². The van der Waals surface area contributed by atoms with Crippen molar-refractivity contribution in [1.82, 2.24) is 0 Å². The zero-order chi connectivity index (χ0) is 14.8. The zero-order valence-electron chi connectivity index (χ0n) is 12.6. The minimum Gasteiger partial charge on any atom is -0.494 e. The molecule has 2 rings (SSSR count). The van der Waals surface area contributed by atoms with Gasteiger partial charge in [0.05, 0.1) is 12.6 Å². The Morgan fingerprint density at radius 1 is 1.35 bits per heavy atom. The molecule has 0 aromatic heterocycles. The first-order chi connectivity index (χ1) is 9.48. The predicted octanol–water partition coefficient (Wildman–Crippen LogP) is 3.40. The van der Waals surface area contributed by atoms with E-state index in [1.807, 2.05) is 0 Å². The highest BCUT2D eigenvalue weighted by Gasteiger charge is 2.36. The number of halogens is 1. The summed E-state index contributed by atoms with van der Waals surface area (Å²) in [6.07, 6.45) is 3.34. The van der Waals surface area contributed by atoms with Crippen LogP contribution in [0.5, 0.6) is 5.75 Å². The smallest absolute Gasteiger partial charge is 0.165 e. The molecule has 2 unspecified atom stereocenters. The van der Waals surface area contributed by atoms with Gasteiger partial charge in [-0.1, -0.05) is 13.8 Å². The van der Waals surface area contributed by atoms with Crippen molar-refractivity contribution >= 4 is 5.69 Å². The number of methoxy groups -OCH3 is 1. The number of nitrogens with two attached hydrogens (primary N) is 1. The molecule has 20 heavy (non-hydrogen) atoms. The highest BCUT2D eigenvalue weighted by molar-refractivity contribution is 5.51. The van der Waals surface area contributed by atoms with Gasteiger partial charge in [-0.15, -0.1) is 0 Å². The predicted molar refractivity (Wildman–Crippen MR) is 80.5 cm³/mol. The fourth-order valence-corrected chi connectivity index (χ4v) is 3.63. The van der Waals surface area contributed by atoms with Crippen LogP contribution in [0, 0.1) is 17.7 Å². The van der Waals surface area contributed by atoms with E-state index in [9.17, 15) is 4.39 Å². The van der Waals surface area contributed by atoms with Crippen LogP contribution in [0.2, 0.25) is 0 Å². The van der Waals surface area contributed by atoms with Crippen molar-refractivity contribution in [3.63, 3.8) is 0 Å². The second-order valence-corrected chi connectivity index (χ2v) is 6.31. The molecule has 1 aromatic carbocycles. The Morgan fingerprint density at radius 2 is 2.00 bits per heavy atom. The largest absolute Gasteiger partial charge is 0.494 e. The minimum absolute atomic E-state index is 0.0973. The van der Waals surface area contributed by atoms with Crippen molar-refractivity contribution < 1.29 is 9.13 Å². The Balaban J connectivity index is 2.21. The molecule has 2 atom stereocenters. The lowest BCUT2D eigenvalue weighted by molar-refractivity contribution is 0.205. The number of rotatable bonds is 4. The summed E-state index contributed by atoms with van der Waals surface area (Å²) in [5.74, 6) is 1.22. The lowest BCUT2D eigenvalue weighted by atomic mass is 9.71. The van der Waals surface area contributed by atoms with Crippen LogP contribution < -0.4 is 15.8 Å². The SMILES string of the molecule is COc1cc(NC2(CN)CC(C)CC(C)C2)ccc1F. The van der Waals surface area contributed by atoms with E-state index >= 15 is 0 Å². The van der Waals surface area contributed by atoms with E-state index in [1.54, 1.807) is 12.1 Å². The molecule has 0 amide bonds. The van der Waals surface area contributed by atoms with E-state index in [0.717, 1.165) is 18.5 Å². The third kappa shape index (κ3) is 3.23. The summed E-state index contributed by atoms with van der Waals surface area (Å²) in [5.41, 5.74) is 6.82. The Kier molecular flexibility index (Phi) is 4.53. The fourth-order valence-electron chi connectivity index (χ4n) is 3.63. The number of hydrogen-bond donors (Lipinski definition) is 2. The zero-order valence-corrected chi connectivity index (χ0v) is 12.6. The van der Waals surface area contributed by atoms with Gasteiger partial charge in [-0.3, -0.25) is 0 Å². The molecule has 0 spiro atoms. The molecule has 0 saturated heterocycles. The van der Waals surface area contributed by atoms with Crippen LogP contribution in [0.3, 0.4) is 0 Å². The van der Waals surface area contributed by atoms with Crippen molar-refractivity contribution in [3.8, 4) is 5.75 Å². The lowest BCUT2D eigenvalue weighted by Crippen LogP contribution is -2.50. The van der Waals surface area contributed by atoms with Gasteiger partial charge in [0.25, 0.3) is 0 Å². The molecule has 3 N–H and O–H groups in total. The monoisotopic (exact) mass is 280 g/mol. The third-order valence-electron chi connectivity index (χ3n) is 4.23. The van der Waals surface area contributed by atoms with Gasteiger partial charge in [-0.05, 0) is 43.2 Å². The van der Waals surface area contributed by atoms with Gasteiger partial charge >= 0.3 is 0 Å². The Bertz CT molecular complexity index is 454. The van der Waals surface area contributed by atoms with E-state index in [1.165, 1.54) is 19.6 Å². The number of ether oxygens (including phenoxy) is 1. The summed E-state index contributed by atoms with van der Waals surface area (Å²) in [7, 11) is 1.48. The van der Waals surface area contributed by atoms with Crippen LogP contribution in [-0.2, 0) is 0 Å². The summed E-state index contributed by atoms with van der Waals surface area (Å²) in [6.45, 7) is 5.13. The molecular weight excluding hydrogens is 255 g/mol. The Labute approximate surface area is 120 Å². The molecule has 1 fully saturated rings. The van der Waals surface area contributed by atoms with Crippen LogP contribution in [0.25, 0.3) is 0 Å². The van der Waals surface area contributed by atoms with Crippen molar-refractivity contribution in [2.45, 2.75) is 38.6 Å². The lowest BCUT2D eigenvalue weighted by Gasteiger charge is -2.43. The molecule has 3 nitrogen and oxygen atoms in total.